The van der Waals surface area contributed by atoms with Crippen LogP contribution in [0.25, 0.3) is 0 Å². The van der Waals surface area contributed by atoms with E-state index in [1.165, 1.54) is 12.8 Å². The van der Waals surface area contributed by atoms with Gasteiger partial charge in [-0.2, -0.15) is 0 Å². The SMILES string of the molecule is C=CCn1c(SCCCCCO)nnc1C1CC1. The van der Waals surface area contributed by atoms with E-state index in [2.05, 4.69) is 21.3 Å². The molecule has 100 valence electrons. The molecule has 1 heterocycles. The molecule has 1 aliphatic rings. The second-order valence-electron chi connectivity index (χ2n) is 4.65. The first kappa shape index (κ1) is 13.6. The zero-order valence-corrected chi connectivity index (χ0v) is 11.5. The van der Waals surface area contributed by atoms with Crippen molar-refractivity contribution >= 4 is 11.8 Å². The van der Waals surface area contributed by atoms with Crippen LogP contribution in [-0.4, -0.2) is 32.2 Å². The molecule has 0 spiro atoms. The smallest absolute Gasteiger partial charge is 0.191 e. The average Bonchev–Trinajstić information content (AvgIpc) is 3.14. The Kier molecular flexibility index (Phi) is 5.26. The first-order chi connectivity index (χ1) is 8.86. The van der Waals surface area contributed by atoms with Gasteiger partial charge < -0.3 is 9.67 Å². The van der Waals surface area contributed by atoms with Gasteiger partial charge in [0.25, 0.3) is 0 Å². The topological polar surface area (TPSA) is 50.9 Å². The largest absolute Gasteiger partial charge is 0.396 e. The number of aliphatic hydroxyl groups is 1. The van der Waals surface area contributed by atoms with Gasteiger partial charge in [-0.05, 0) is 25.7 Å². The Morgan fingerprint density at radius 2 is 2.17 bits per heavy atom. The van der Waals surface area contributed by atoms with Crippen LogP contribution in [0.2, 0.25) is 0 Å². The molecule has 4 nitrogen and oxygen atoms in total. The normalized spacial score (nSPS) is 14.9. The number of rotatable bonds is 9. The molecular weight excluding hydrogens is 246 g/mol. The van der Waals surface area contributed by atoms with Crippen LogP contribution < -0.4 is 0 Å². The molecule has 1 saturated carbocycles. The number of thioether (sulfide) groups is 1. The maximum absolute atomic E-state index is 8.72. The highest BCUT2D eigenvalue weighted by atomic mass is 32.2. The van der Waals surface area contributed by atoms with Gasteiger partial charge in [-0.15, -0.1) is 16.8 Å². The van der Waals surface area contributed by atoms with Crippen LogP contribution in [0.1, 0.15) is 43.8 Å². The second kappa shape index (κ2) is 6.95. The summed E-state index contributed by atoms with van der Waals surface area (Å²) in [5.74, 6) is 2.80. The van der Waals surface area contributed by atoms with Crippen molar-refractivity contribution in [3.8, 4) is 0 Å². The number of hydrogen-bond acceptors (Lipinski definition) is 4. The summed E-state index contributed by atoms with van der Waals surface area (Å²) in [6.45, 7) is 4.90. The highest BCUT2D eigenvalue weighted by Gasteiger charge is 2.29. The maximum atomic E-state index is 8.72. The Morgan fingerprint density at radius 1 is 1.33 bits per heavy atom. The van der Waals surface area contributed by atoms with E-state index < -0.39 is 0 Å². The van der Waals surface area contributed by atoms with Crippen LogP contribution in [0.5, 0.6) is 0 Å². The van der Waals surface area contributed by atoms with E-state index in [0.717, 1.165) is 42.5 Å². The molecule has 0 atom stereocenters. The summed E-state index contributed by atoms with van der Waals surface area (Å²) in [5.41, 5.74) is 0. The molecule has 0 amide bonds. The van der Waals surface area contributed by atoms with E-state index in [4.69, 9.17) is 5.11 Å². The van der Waals surface area contributed by atoms with Gasteiger partial charge in [0.05, 0.1) is 0 Å². The van der Waals surface area contributed by atoms with Gasteiger partial charge in [-0.1, -0.05) is 24.3 Å². The van der Waals surface area contributed by atoms with Gasteiger partial charge in [0.1, 0.15) is 5.82 Å². The Balaban J connectivity index is 1.88. The minimum Gasteiger partial charge on any atom is -0.396 e. The van der Waals surface area contributed by atoms with Crippen LogP contribution in [0.15, 0.2) is 17.8 Å². The number of nitrogens with zero attached hydrogens (tertiary/aromatic N) is 3. The van der Waals surface area contributed by atoms with Gasteiger partial charge >= 0.3 is 0 Å². The molecule has 1 N–H and O–H groups in total. The van der Waals surface area contributed by atoms with Crippen molar-refractivity contribution in [1.82, 2.24) is 14.8 Å². The maximum Gasteiger partial charge on any atom is 0.191 e. The molecule has 1 fully saturated rings. The van der Waals surface area contributed by atoms with E-state index in [0.29, 0.717) is 12.5 Å². The summed E-state index contributed by atoms with van der Waals surface area (Å²) < 4.78 is 2.20. The molecule has 0 aromatic carbocycles. The van der Waals surface area contributed by atoms with E-state index in [9.17, 15) is 0 Å². The van der Waals surface area contributed by atoms with Crippen molar-refractivity contribution < 1.29 is 5.11 Å². The second-order valence-corrected chi connectivity index (χ2v) is 5.71. The van der Waals surface area contributed by atoms with Gasteiger partial charge in [-0.3, -0.25) is 0 Å². The van der Waals surface area contributed by atoms with Crippen LogP contribution >= 0.6 is 11.8 Å². The quantitative estimate of drug-likeness (QED) is 0.424. The van der Waals surface area contributed by atoms with Crippen molar-refractivity contribution in [2.24, 2.45) is 0 Å². The molecule has 1 aromatic rings. The predicted octanol–water partition coefficient (Wildman–Crippen LogP) is 2.60. The molecule has 2 rings (SSSR count). The van der Waals surface area contributed by atoms with E-state index in [1.54, 1.807) is 11.8 Å². The van der Waals surface area contributed by atoms with E-state index in [-0.39, 0.29) is 0 Å². The third-order valence-electron chi connectivity index (χ3n) is 3.03. The standard InChI is InChI=1S/C13H21N3OS/c1-2-8-16-12(11-6-7-11)14-15-13(16)18-10-5-3-4-9-17/h2,11,17H,1,3-10H2. The highest BCUT2D eigenvalue weighted by molar-refractivity contribution is 7.99. The molecule has 0 saturated heterocycles. The van der Waals surface area contributed by atoms with Gasteiger partial charge in [0, 0.05) is 24.8 Å². The molecule has 0 unspecified atom stereocenters. The predicted molar refractivity (Wildman–Crippen MR) is 73.9 cm³/mol. The number of aliphatic hydroxyl groups excluding tert-OH is 1. The van der Waals surface area contributed by atoms with Crippen LogP contribution in [0, 0.1) is 0 Å². The van der Waals surface area contributed by atoms with Crippen molar-refractivity contribution in [2.75, 3.05) is 12.4 Å². The minimum atomic E-state index is 0.295. The van der Waals surface area contributed by atoms with Gasteiger partial charge in [-0.25, -0.2) is 0 Å². The third kappa shape index (κ3) is 3.59. The van der Waals surface area contributed by atoms with Gasteiger partial charge in [0.15, 0.2) is 5.16 Å². The lowest BCUT2D eigenvalue weighted by Crippen LogP contribution is -2.03. The lowest BCUT2D eigenvalue weighted by Gasteiger charge is -2.06. The monoisotopic (exact) mass is 267 g/mol. The Morgan fingerprint density at radius 3 is 2.83 bits per heavy atom. The number of unbranched alkanes of at least 4 members (excludes halogenated alkanes) is 2. The summed E-state index contributed by atoms with van der Waals surface area (Å²) in [7, 11) is 0. The third-order valence-corrected chi connectivity index (χ3v) is 4.09. The number of allylic oxidation sites excluding steroid dienone is 1. The molecule has 1 aromatic heterocycles. The van der Waals surface area contributed by atoms with Crippen molar-refractivity contribution in [2.45, 2.75) is 49.7 Å². The molecule has 0 aliphatic heterocycles. The zero-order valence-electron chi connectivity index (χ0n) is 10.7. The fourth-order valence-corrected chi connectivity index (χ4v) is 2.86. The zero-order chi connectivity index (χ0) is 12.8. The summed E-state index contributed by atoms with van der Waals surface area (Å²) in [6, 6.07) is 0. The van der Waals surface area contributed by atoms with Crippen LogP contribution in [-0.2, 0) is 6.54 Å². The molecular formula is C13H21N3OS. The lowest BCUT2D eigenvalue weighted by atomic mass is 10.3. The van der Waals surface area contributed by atoms with E-state index >= 15 is 0 Å². The van der Waals surface area contributed by atoms with Crippen molar-refractivity contribution in [3.05, 3.63) is 18.5 Å². The average molecular weight is 267 g/mol. The molecule has 1 aliphatic carbocycles. The van der Waals surface area contributed by atoms with Crippen LogP contribution in [0.4, 0.5) is 0 Å². The summed E-state index contributed by atoms with van der Waals surface area (Å²) in [5, 5.41) is 18.3. The molecule has 0 bridgehead atoms. The first-order valence-electron chi connectivity index (χ1n) is 6.64. The lowest BCUT2D eigenvalue weighted by molar-refractivity contribution is 0.284. The molecule has 0 radical (unpaired) electrons. The Labute approximate surface area is 112 Å². The minimum absolute atomic E-state index is 0.295. The summed E-state index contributed by atoms with van der Waals surface area (Å²) in [6.07, 6.45) is 7.49. The Bertz CT molecular complexity index is 388. The van der Waals surface area contributed by atoms with Crippen LogP contribution in [0.3, 0.4) is 0 Å². The highest BCUT2D eigenvalue weighted by Crippen LogP contribution is 2.40. The van der Waals surface area contributed by atoms with Crippen molar-refractivity contribution in [3.63, 3.8) is 0 Å². The number of aromatic nitrogens is 3. The molecule has 5 heteroatoms. The number of hydrogen-bond donors (Lipinski definition) is 1. The summed E-state index contributed by atoms with van der Waals surface area (Å²) >= 11 is 1.76. The van der Waals surface area contributed by atoms with Crippen molar-refractivity contribution in [1.29, 1.82) is 0 Å². The fourth-order valence-electron chi connectivity index (χ4n) is 1.91. The Hall–Kier alpha value is -0.810. The fraction of sp³-hybridized carbons (Fsp3) is 0.692. The first-order valence-corrected chi connectivity index (χ1v) is 7.63. The molecule has 18 heavy (non-hydrogen) atoms. The van der Waals surface area contributed by atoms with E-state index in [1.807, 2.05) is 6.08 Å². The summed E-state index contributed by atoms with van der Waals surface area (Å²) in [4.78, 5) is 0. The van der Waals surface area contributed by atoms with Gasteiger partial charge in [0.2, 0.25) is 0 Å².